The molecule has 0 aliphatic rings. The number of furan rings is 1. The van der Waals surface area contributed by atoms with Crippen LogP contribution in [-0.4, -0.2) is 26.1 Å². The second kappa shape index (κ2) is 6.95. The van der Waals surface area contributed by atoms with Crippen molar-refractivity contribution >= 4 is 11.6 Å². The van der Waals surface area contributed by atoms with E-state index < -0.39 is 0 Å². The van der Waals surface area contributed by atoms with Crippen molar-refractivity contribution in [3.8, 4) is 5.75 Å². The van der Waals surface area contributed by atoms with E-state index in [9.17, 15) is 4.79 Å². The van der Waals surface area contributed by atoms with E-state index in [0.717, 1.165) is 5.69 Å². The number of para-hydroxylation sites is 2. The Bertz CT molecular complexity index is 607. The van der Waals surface area contributed by atoms with Gasteiger partial charge >= 0.3 is 0 Å². The van der Waals surface area contributed by atoms with Crippen LogP contribution in [-0.2, 0) is 0 Å². The molecule has 0 saturated heterocycles. The molecule has 0 unspecified atom stereocenters. The van der Waals surface area contributed by atoms with Gasteiger partial charge in [-0.15, -0.1) is 0 Å². The van der Waals surface area contributed by atoms with Crippen molar-refractivity contribution in [3.05, 3.63) is 47.9 Å². The monoisotopic (exact) mass is 288 g/mol. The van der Waals surface area contributed by atoms with Crippen molar-refractivity contribution in [1.82, 2.24) is 0 Å². The fourth-order valence-electron chi connectivity index (χ4n) is 2.19. The Hall–Kier alpha value is -2.27. The summed E-state index contributed by atoms with van der Waals surface area (Å²) in [7, 11) is 1.59. The smallest absolute Gasteiger partial charge is 0.261 e. The lowest BCUT2D eigenvalue weighted by atomic mass is 10.2. The third kappa shape index (κ3) is 3.25. The van der Waals surface area contributed by atoms with Gasteiger partial charge in [0.1, 0.15) is 11.5 Å². The van der Waals surface area contributed by atoms with Gasteiger partial charge in [-0.2, -0.15) is 0 Å². The lowest BCUT2D eigenvalue weighted by molar-refractivity contribution is 0.0984. The first kappa shape index (κ1) is 15.1. The maximum Gasteiger partial charge on any atom is 0.261 e. The molecule has 0 aliphatic heterocycles. The van der Waals surface area contributed by atoms with Gasteiger partial charge in [0.25, 0.3) is 5.91 Å². The maximum atomic E-state index is 12.8. The minimum Gasteiger partial charge on any atom is -0.495 e. The van der Waals surface area contributed by atoms with Gasteiger partial charge in [0.15, 0.2) is 0 Å². The summed E-state index contributed by atoms with van der Waals surface area (Å²) in [6, 6.07) is 9.13. The van der Waals surface area contributed by atoms with Gasteiger partial charge in [-0.1, -0.05) is 12.1 Å². The molecular weight excluding hydrogens is 268 g/mol. The second-order valence-electron chi connectivity index (χ2n) is 4.66. The molecule has 0 bridgehead atoms. The van der Waals surface area contributed by atoms with Crippen molar-refractivity contribution in [2.24, 2.45) is 5.73 Å². The first-order chi connectivity index (χ1) is 10.2. The number of hydrogen-bond acceptors (Lipinski definition) is 4. The number of carbonyl (C=O) groups excluding carboxylic acids is 1. The van der Waals surface area contributed by atoms with E-state index in [0.29, 0.717) is 36.6 Å². The van der Waals surface area contributed by atoms with E-state index in [4.69, 9.17) is 14.9 Å². The van der Waals surface area contributed by atoms with E-state index in [1.165, 1.54) is 6.26 Å². The molecule has 2 N–H and O–H groups in total. The van der Waals surface area contributed by atoms with Crippen LogP contribution >= 0.6 is 0 Å². The summed E-state index contributed by atoms with van der Waals surface area (Å²) >= 11 is 0. The van der Waals surface area contributed by atoms with E-state index >= 15 is 0 Å². The Morgan fingerprint density at radius 2 is 2.10 bits per heavy atom. The number of anilines is 1. The highest BCUT2D eigenvalue weighted by atomic mass is 16.5. The summed E-state index contributed by atoms with van der Waals surface area (Å²) < 4.78 is 10.6. The van der Waals surface area contributed by atoms with Gasteiger partial charge in [0.2, 0.25) is 0 Å². The molecule has 5 nitrogen and oxygen atoms in total. The molecule has 21 heavy (non-hydrogen) atoms. The largest absolute Gasteiger partial charge is 0.495 e. The van der Waals surface area contributed by atoms with Crippen molar-refractivity contribution in [2.45, 2.75) is 13.3 Å². The SMILES string of the molecule is COc1ccccc1N(CCCN)C(=O)c1ccoc1C. The van der Waals surface area contributed by atoms with Crippen molar-refractivity contribution in [1.29, 1.82) is 0 Å². The maximum absolute atomic E-state index is 12.8. The zero-order valence-corrected chi connectivity index (χ0v) is 12.3. The fourth-order valence-corrected chi connectivity index (χ4v) is 2.19. The van der Waals surface area contributed by atoms with Crippen molar-refractivity contribution in [2.75, 3.05) is 25.1 Å². The minimum atomic E-state index is -0.112. The topological polar surface area (TPSA) is 68.7 Å². The summed E-state index contributed by atoms with van der Waals surface area (Å²) in [6.45, 7) is 2.82. The highest BCUT2D eigenvalue weighted by Gasteiger charge is 2.22. The van der Waals surface area contributed by atoms with Crippen LogP contribution in [0.15, 0.2) is 41.0 Å². The van der Waals surface area contributed by atoms with Gasteiger partial charge in [-0.25, -0.2) is 0 Å². The molecule has 1 amide bonds. The number of aryl methyl sites for hydroxylation is 1. The average Bonchev–Trinajstić information content (AvgIpc) is 2.94. The van der Waals surface area contributed by atoms with Crippen molar-refractivity contribution in [3.63, 3.8) is 0 Å². The van der Waals surface area contributed by atoms with Crippen LogP contribution in [0.5, 0.6) is 5.75 Å². The average molecular weight is 288 g/mol. The quantitative estimate of drug-likeness (QED) is 0.887. The van der Waals surface area contributed by atoms with Crippen LogP contribution in [0.4, 0.5) is 5.69 Å². The predicted molar refractivity (Wildman–Crippen MR) is 81.8 cm³/mol. The number of nitrogens with zero attached hydrogens (tertiary/aromatic N) is 1. The van der Waals surface area contributed by atoms with Crippen LogP contribution in [0.25, 0.3) is 0 Å². The summed E-state index contributed by atoms with van der Waals surface area (Å²) in [5.74, 6) is 1.15. The third-order valence-corrected chi connectivity index (χ3v) is 3.30. The molecule has 1 heterocycles. The van der Waals surface area contributed by atoms with Gasteiger partial charge in [-0.3, -0.25) is 4.79 Å². The first-order valence-electron chi connectivity index (χ1n) is 6.88. The third-order valence-electron chi connectivity index (χ3n) is 3.30. The van der Waals surface area contributed by atoms with E-state index in [2.05, 4.69) is 0 Å². The fraction of sp³-hybridized carbons (Fsp3) is 0.312. The lowest BCUT2D eigenvalue weighted by Gasteiger charge is -2.24. The predicted octanol–water partition coefficient (Wildman–Crippen LogP) is 2.59. The molecule has 0 saturated carbocycles. The molecule has 2 rings (SSSR count). The lowest BCUT2D eigenvalue weighted by Crippen LogP contribution is -2.33. The minimum absolute atomic E-state index is 0.112. The number of hydrogen-bond donors (Lipinski definition) is 1. The molecule has 5 heteroatoms. The second-order valence-corrected chi connectivity index (χ2v) is 4.66. The molecule has 1 aromatic carbocycles. The standard InChI is InChI=1S/C16H20N2O3/c1-12-13(8-11-21-12)16(19)18(10-5-9-17)14-6-3-4-7-15(14)20-2/h3-4,6-8,11H,5,9-10,17H2,1-2H3. The Morgan fingerprint density at radius 3 is 2.71 bits per heavy atom. The number of amides is 1. The number of benzene rings is 1. The first-order valence-corrected chi connectivity index (χ1v) is 6.88. The number of carbonyl (C=O) groups is 1. The number of nitrogens with two attached hydrogens (primary N) is 1. The zero-order chi connectivity index (χ0) is 15.2. The molecule has 0 spiro atoms. The number of rotatable bonds is 6. The summed E-state index contributed by atoms with van der Waals surface area (Å²) in [5, 5.41) is 0. The van der Waals surface area contributed by atoms with E-state index in [-0.39, 0.29) is 5.91 Å². The normalized spacial score (nSPS) is 10.4. The Kier molecular flexibility index (Phi) is 5.00. The van der Waals surface area contributed by atoms with Crippen molar-refractivity contribution < 1.29 is 13.9 Å². The van der Waals surface area contributed by atoms with E-state index in [1.807, 2.05) is 24.3 Å². The van der Waals surface area contributed by atoms with Crippen LogP contribution in [0.2, 0.25) is 0 Å². The molecule has 112 valence electrons. The summed E-state index contributed by atoms with van der Waals surface area (Å²) in [4.78, 5) is 14.5. The van der Waals surface area contributed by atoms with Gasteiger partial charge in [0, 0.05) is 6.54 Å². The van der Waals surface area contributed by atoms with E-state index in [1.54, 1.807) is 25.0 Å². The Morgan fingerprint density at radius 1 is 1.33 bits per heavy atom. The number of ether oxygens (including phenoxy) is 1. The molecule has 0 aliphatic carbocycles. The Balaban J connectivity index is 2.38. The molecule has 2 aromatic rings. The molecule has 0 atom stereocenters. The number of methoxy groups -OCH3 is 1. The van der Waals surface area contributed by atoms with Crippen LogP contribution in [0.3, 0.4) is 0 Å². The highest BCUT2D eigenvalue weighted by Crippen LogP contribution is 2.29. The van der Waals surface area contributed by atoms with Crippen LogP contribution in [0.1, 0.15) is 22.5 Å². The Labute approximate surface area is 124 Å². The van der Waals surface area contributed by atoms with Crippen LogP contribution < -0.4 is 15.4 Å². The molecule has 1 aromatic heterocycles. The molecular formula is C16H20N2O3. The summed E-state index contributed by atoms with van der Waals surface area (Å²) in [5.41, 5.74) is 6.88. The summed E-state index contributed by atoms with van der Waals surface area (Å²) in [6.07, 6.45) is 2.23. The molecule has 0 fully saturated rings. The van der Waals surface area contributed by atoms with Gasteiger partial charge in [-0.05, 0) is 38.1 Å². The molecule has 0 radical (unpaired) electrons. The zero-order valence-electron chi connectivity index (χ0n) is 12.3. The van der Waals surface area contributed by atoms with Gasteiger partial charge < -0.3 is 19.8 Å². The van der Waals surface area contributed by atoms with Crippen LogP contribution in [0, 0.1) is 6.92 Å². The highest BCUT2D eigenvalue weighted by molar-refractivity contribution is 6.07. The van der Waals surface area contributed by atoms with Gasteiger partial charge in [0.05, 0.1) is 24.6 Å².